The van der Waals surface area contributed by atoms with Gasteiger partial charge in [-0.25, -0.2) is 0 Å². The summed E-state index contributed by atoms with van der Waals surface area (Å²) in [5.74, 6) is 0.906. The van der Waals surface area contributed by atoms with Gasteiger partial charge in [-0.15, -0.1) is 5.10 Å². The average molecular weight is 311 g/mol. The van der Waals surface area contributed by atoms with Crippen molar-refractivity contribution in [3.05, 3.63) is 48.2 Å². The van der Waals surface area contributed by atoms with Crippen LogP contribution in [0.15, 0.2) is 42.6 Å². The topological polar surface area (TPSA) is 84.1 Å². The molecule has 1 aliphatic heterocycles. The lowest BCUT2D eigenvalue weighted by molar-refractivity contribution is -0.120. The van der Waals surface area contributed by atoms with Gasteiger partial charge in [0.15, 0.2) is 5.82 Å². The fourth-order valence-electron chi connectivity index (χ4n) is 2.91. The molecule has 1 atom stereocenters. The van der Waals surface area contributed by atoms with E-state index in [1.807, 2.05) is 36.4 Å². The molecule has 1 aromatic carbocycles. The minimum atomic E-state index is 0.0285. The van der Waals surface area contributed by atoms with Crippen LogP contribution in [0.3, 0.4) is 0 Å². The first-order chi connectivity index (χ1) is 11.2. The van der Waals surface area contributed by atoms with Crippen LogP contribution in [0.4, 0.5) is 11.5 Å². The summed E-state index contributed by atoms with van der Waals surface area (Å²) in [6.07, 6.45) is 4.20. The smallest absolute Gasteiger partial charge is 0.224 e. The van der Waals surface area contributed by atoms with E-state index in [-0.39, 0.29) is 11.9 Å². The van der Waals surface area contributed by atoms with Crippen molar-refractivity contribution in [3.8, 4) is 0 Å². The van der Waals surface area contributed by atoms with Crippen molar-refractivity contribution in [2.45, 2.75) is 25.3 Å². The Bertz CT molecular complexity index is 644. The maximum absolute atomic E-state index is 12.1. The molecule has 1 saturated heterocycles. The van der Waals surface area contributed by atoms with Gasteiger partial charge < -0.3 is 16.0 Å². The highest BCUT2D eigenvalue weighted by Gasteiger charge is 2.26. The fourth-order valence-corrected chi connectivity index (χ4v) is 2.91. The molecular weight excluding hydrogens is 290 g/mol. The first-order valence-electron chi connectivity index (χ1n) is 7.88. The molecule has 6 nitrogen and oxygen atoms in total. The molecular formula is C17H21N5O. The summed E-state index contributed by atoms with van der Waals surface area (Å²) in [5, 5.41) is 11.1. The van der Waals surface area contributed by atoms with Crippen LogP contribution < -0.4 is 16.0 Å². The van der Waals surface area contributed by atoms with Gasteiger partial charge in [0.2, 0.25) is 5.91 Å². The fraction of sp³-hybridized carbons (Fsp3) is 0.353. The summed E-state index contributed by atoms with van der Waals surface area (Å²) in [6.45, 7) is 1.58. The van der Waals surface area contributed by atoms with E-state index < -0.39 is 0 Å². The van der Waals surface area contributed by atoms with Gasteiger partial charge in [-0.05, 0) is 42.7 Å². The highest BCUT2D eigenvalue weighted by Crippen LogP contribution is 2.22. The van der Waals surface area contributed by atoms with Gasteiger partial charge >= 0.3 is 0 Å². The van der Waals surface area contributed by atoms with Crippen molar-refractivity contribution in [1.82, 2.24) is 15.5 Å². The zero-order valence-corrected chi connectivity index (χ0v) is 13.0. The van der Waals surface area contributed by atoms with Crippen LogP contribution in [0.2, 0.25) is 0 Å². The average Bonchev–Trinajstić information content (AvgIpc) is 3.04. The minimum absolute atomic E-state index is 0.0285. The van der Waals surface area contributed by atoms with Crippen molar-refractivity contribution < 1.29 is 4.79 Å². The normalized spacial score (nSPS) is 17.2. The Morgan fingerprint density at radius 2 is 2.13 bits per heavy atom. The van der Waals surface area contributed by atoms with Gasteiger partial charge in [0.1, 0.15) is 0 Å². The molecule has 1 fully saturated rings. The van der Waals surface area contributed by atoms with E-state index >= 15 is 0 Å². The third-order valence-electron chi connectivity index (χ3n) is 4.11. The van der Waals surface area contributed by atoms with Gasteiger partial charge in [-0.1, -0.05) is 12.1 Å². The monoisotopic (exact) mass is 311 g/mol. The van der Waals surface area contributed by atoms with Crippen molar-refractivity contribution in [3.63, 3.8) is 0 Å². The van der Waals surface area contributed by atoms with E-state index in [0.717, 1.165) is 30.8 Å². The summed E-state index contributed by atoms with van der Waals surface area (Å²) in [7, 11) is 0. The number of carbonyl (C=O) groups excluding carboxylic acids is 1. The maximum atomic E-state index is 12.1. The molecule has 2 heterocycles. The highest BCUT2D eigenvalue weighted by molar-refractivity contribution is 5.78. The summed E-state index contributed by atoms with van der Waals surface area (Å²) in [5.41, 5.74) is 7.33. The first kappa shape index (κ1) is 15.3. The van der Waals surface area contributed by atoms with E-state index in [0.29, 0.717) is 18.7 Å². The molecule has 1 aromatic heterocycles. The second-order valence-corrected chi connectivity index (χ2v) is 5.79. The van der Waals surface area contributed by atoms with Crippen LogP contribution in [-0.2, 0) is 11.2 Å². The Morgan fingerprint density at radius 1 is 1.30 bits per heavy atom. The van der Waals surface area contributed by atoms with Gasteiger partial charge in [0.25, 0.3) is 0 Å². The van der Waals surface area contributed by atoms with E-state index in [9.17, 15) is 4.79 Å². The van der Waals surface area contributed by atoms with Gasteiger partial charge in [-0.2, -0.15) is 5.10 Å². The summed E-state index contributed by atoms with van der Waals surface area (Å²) in [6, 6.07) is 11.5. The second-order valence-electron chi connectivity index (χ2n) is 5.79. The Labute approximate surface area is 135 Å². The predicted octanol–water partition coefficient (Wildman–Crippen LogP) is 1.39. The third kappa shape index (κ3) is 3.97. The molecule has 23 heavy (non-hydrogen) atoms. The lowest BCUT2D eigenvalue weighted by atomic mass is 10.1. The van der Waals surface area contributed by atoms with Crippen LogP contribution >= 0.6 is 0 Å². The standard InChI is InChI=1S/C17H21N5O/c18-14-7-5-13(6-8-14)11-17(23)19-12-15-3-2-10-22(15)16-4-1-9-20-21-16/h1,4-9,15H,2-3,10-12,18H2,(H,19,23). The van der Waals surface area contributed by atoms with Crippen LogP contribution in [0, 0.1) is 0 Å². The van der Waals surface area contributed by atoms with Crippen LogP contribution in [-0.4, -0.2) is 35.2 Å². The largest absolute Gasteiger partial charge is 0.399 e. The van der Waals surface area contributed by atoms with Crippen LogP contribution in [0.25, 0.3) is 0 Å². The number of benzene rings is 1. The maximum Gasteiger partial charge on any atom is 0.224 e. The molecule has 2 aromatic rings. The van der Waals surface area contributed by atoms with E-state index in [4.69, 9.17) is 5.73 Å². The van der Waals surface area contributed by atoms with Crippen LogP contribution in [0.5, 0.6) is 0 Å². The molecule has 6 heteroatoms. The van der Waals surface area contributed by atoms with Gasteiger partial charge in [-0.3, -0.25) is 4.79 Å². The molecule has 0 radical (unpaired) electrons. The minimum Gasteiger partial charge on any atom is -0.399 e. The number of nitrogens with one attached hydrogen (secondary N) is 1. The Morgan fingerprint density at radius 3 is 2.87 bits per heavy atom. The molecule has 1 unspecified atom stereocenters. The number of hydrogen-bond acceptors (Lipinski definition) is 5. The molecule has 0 aliphatic carbocycles. The SMILES string of the molecule is Nc1ccc(CC(=O)NCC2CCCN2c2cccnn2)cc1. The van der Waals surface area contributed by atoms with Crippen molar-refractivity contribution in [1.29, 1.82) is 0 Å². The van der Waals surface area contributed by atoms with Crippen LogP contribution in [0.1, 0.15) is 18.4 Å². The van der Waals surface area contributed by atoms with E-state index in [1.165, 1.54) is 0 Å². The van der Waals surface area contributed by atoms with E-state index in [2.05, 4.69) is 20.4 Å². The number of nitrogens with zero attached hydrogens (tertiary/aromatic N) is 3. The summed E-state index contributed by atoms with van der Waals surface area (Å²) >= 11 is 0. The molecule has 0 spiro atoms. The Kier molecular flexibility index (Phi) is 4.71. The lowest BCUT2D eigenvalue weighted by Crippen LogP contribution is -2.41. The van der Waals surface area contributed by atoms with Crippen molar-refractivity contribution in [2.24, 2.45) is 0 Å². The highest BCUT2D eigenvalue weighted by atomic mass is 16.1. The lowest BCUT2D eigenvalue weighted by Gasteiger charge is -2.25. The number of nitrogen functional groups attached to an aromatic ring is 1. The Balaban J connectivity index is 1.53. The first-order valence-corrected chi connectivity index (χ1v) is 7.88. The number of hydrogen-bond donors (Lipinski definition) is 2. The predicted molar refractivity (Wildman–Crippen MR) is 90.0 cm³/mol. The molecule has 1 aliphatic rings. The van der Waals surface area contributed by atoms with Crippen molar-refractivity contribution in [2.75, 3.05) is 23.7 Å². The van der Waals surface area contributed by atoms with Crippen molar-refractivity contribution >= 4 is 17.4 Å². The zero-order chi connectivity index (χ0) is 16.1. The number of anilines is 2. The number of amides is 1. The van der Waals surface area contributed by atoms with Gasteiger partial charge in [0, 0.05) is 31.0 Å². The molecule has 1 amide bonds. The quantitative estimate of drug-likeness (QED) is 0.815. The summed E-state index contributed by atoms with van der Waals surface area (Å²) in [4.78, 5) is 14.3. The van der Waals surface area contributed by atoms with Gasteiger partial charge in [0.05, 0.1) is 6.42 Å². The summed E-state index contributed by atoms with van der Waals surface area (Å²) < 4.78 is 0. The molecule has 3 N–H and O–H groups in total. The number of rotatable bonds is 5. The zero-order valence-electron chi connectivity index (χ0n) is 13.0. The molecule has 0 bridgehead atoms. The Hall–Kier alpha value is -2.63. The molecule has 0 saturated carbocycles. The number of carbonyl (C=O) groups is 1. The number of nitrogens with two attached hydrogens (primary N) is 1. The second kappa shape index (κ2) is 7.09. The molecule has 3 rings (SSSR count). The van der Waals surface area contributed by atoms with E-state index in [1.54, 1.807) is 6.20 Å². The molecule has 120 valence electrons. The third-order valence-corrected chi connectivity index (χ3v) is 4.11. The number of aromatic nitrogens is 2.